The second kappa shape index (κ2) is 17.2. The molecular weight excluding hydrogens is 785 g/mol. The number of nitrogens with zero attached hydrogens (tertiary/aromatic N) is 2. The molecular formula is C63H48N2. The van der Waals surface area contributed by atoms with E-state index in [4.69, 9.17) is 0 Å². The number of fused-ring (bicyclic) bond motifs is 2. The van der Waals surface area contributed by atoms with Gasteiger partial charge in [0.25, 0.3) is 0 Å². The first kappa shape index (κ1) is 39.6. The van der Waals surface area contributed by atoms with E-state index in [1.54, 1.807) is 0 Å². The minimum atomic E-state index is -0.276. The van der Waals surface area contributed by atoms with Crippen molar-refractivity contribution in [3.8, 4) is 44.5 Å². The minimum Gasteiger partial charge on any atom is -0.332 e. The average Bonchev–Trinajstić information content (AvgIpc) is 3.37. The molecule has 65 heavy (non-hydrogen) atoms. The van der Waals surface area contributed by atoms with Gasteiger partial charge < -0.3 is 9.80 Å². The zero-order valence-corrected chi connectivity index (χ0v) is 36.4. The van der Waals surface area contributed by atoms with E-state index >= 15 is 0 Å². The highest BCUT2D eigenvalue weighted by Gasteiger charge is 2.32. The van der Waals surface area contributed by atoms with Crippen LogP contribution in [0, 0.1) is 0 Å². The van der Waals surface area contributed by atoms with Crippen molar-refractivity contribution < 1.29 is 0 Å². The van der Waals surface area contributed by atoms with Crippen LogP contribution >= 0.6 is 0 Å². The molecule has 0 radical (unpaired) electrons. The smallest absolute Gasteiger partial charge is 0.0642 e. The molecule has 0 saturated heterocycles. The third-order valence-electron chi connectivity index (χ3n) is 12.9. The van der Waals surface area contributed by atoms with Crippen LogP contribution < -0.4 is 9.80 Å². The van der Waals surface area contributed by atoms with Crippen LogP contribution in [0.2, 0.25) is 0 Å². The number of anilines is 5. The van der Waals surface area contributed by atoms with Gasteiger partial charge in [0.2, 0.25) is 0 Å². The molecule has 0 aliphatic heterocycles. The monoisotopic (exact) mass is 832 g/mol. The van der Waals surface area contributed by atoms with Gasteiger partial charge in [-0.05, 0) is 140 Å². The van der Waals surface area contributed by atoms with Crippen molar-refractivity contribution in [3.63, 3.8) is 0 Å². The summed E-state index contributed by atoms with van der Waals surface area (Å²) >= 11 is 0. The Bertz CT molecular complexity index is 3270. The molecule has 0 amide bonds. The second-order valence-corrected chi connectivity index (χ2v) is 17.1. The lowest BCUT2D eigenvalue weighted by Gasteiger charge is -2.42. The Labute approximate surface area is 382 Å². The Hall–Kier alpha value is -8.20. The van der Waals surface area contributed by atoms with Gasteiger partial charge in [-0.25, -0.2) is 0 Å². The van der Waals surface area contributed by atoms with Crippen molar-refractivity contribution in [3.05, 3.63) is 261 Å². The predicted octanol–water partition coefficient (Wildman–Crippen LogP) is 17.5. The van der Waals surface area contributed by atoms with Crippen LogP contribution in [0.1, 0.15) is 13.3 Å². The zero-order valence-electron chi connectivity index (χ0n) is 36.4. The summed E-state index contributed by atoms with van der Waals surface area (Å²) < 4.78 is 0. The normalized spacial score (nSPS) is 14.4. The molecule has 0 saturated carbocycles. The third kappa shape index (κ3) is 7.60. The summed E-state index contributed by atoms with van der Waals surface area (Å²) in [6.07, 6.45) is 9.88. The predicted molar refractivity (Wildman–Crippen MR) is 278 cm³/mol. The molecule has 2 nitrogen and oxygen atoms in total. The van der Waals surface area contributed by atoms with Crippen LogP contribution in [0.25, 0.3) is 66.1 Å². The number of rotatable bonds is 10. The van der Waals surface area contributed by atoms with E-state index < -0.39 is 0 Å². The highest BCUT2D eigenvalue weighted by atomic mass is 15.2. The molecule has 2 heteroatoms. The van der Waals surface area contributed by atoms with Crippen molar-refractivity contribution in [1.82, 2.24) is 0 Å². The van der Waals surface area contributed by atoms with E-state index in [1.807, 2.05) is 0 Å². The number of benzene rings is 10. The van der Waals surface area contributed by atoms with E-state index in [2.05, 4.69) is 278 Å². The molecule has 1 atom stereocenters. The summed E-state index contributed by atoms with van der Waals surface area (Å²) in [7, 11) is 0. The lowest BCUT2D eigenvalue weighted by atomic mass is 9.84. The molecule has 1 aliphatic carbocycles. The van der Waals surface area contributed by atoms with Crippen molar-refractivity contribution in [1.29, 1.82) is 0 Å². The summed E-state index contributed by atoms with van der Waals surface area (Å²) in [4.78, 5) is 4.89. The summed E-state index contributed by atoms with van der Waals surface area (Å²) in [6, 6.07) is 86.2. The third-order valence-corrected chi connectivity index (χ3v) is 12.9. The summed E-state index contributed by atoms with van der Waals surface area (Å²) in [5.74, 6) is 0. The number of hydrogen-bond donors (Lipinski definition) is 0. The minimum absolute atomic E-state index is 0.276. The lowest BCUT2D eigenvalue weighted by molar-refractivity contribution is 0.570. The van der Waals surface area contributed by atoms with Gasteiger partial charge >= 0.3 is 0 Å². The van der Waals surface area contributed by atoms with Crippen LogP contribution in [0.4, 0.5) is 28.4 Å². The van der Waals surface area contributed by atoms with Gasteiger partial charge in [0.1, 0.15) is 0 Å². The van der Waals surface area contributed by atoms with Gasteiger partial charge in [-0.15, -0.1) is 0 Å². The Morgan fingerprint density at radius 1 is 0.323 bits per heavy atom. The molecule has 0 unspecified atom stereocenters. The molecule has 0 bridgehead atoms. The van der Waals surface area contributed by atoms with Crippen molar-refractivity contribution in [2.24, 2.45) is 0 Å². The van der Waals surface area contributed by atoms with Gasteiger partial charge in [0.05, 0.1) is 5.54 Å². The number of hydrogen-bond acceptors (Lipinski definition) is 2. The number of allylic oxidation sites excluding steroid dienone is 2. The van der Waals surface area contributed by atoms with Crippen molar-refractivity contribution in [2.75, 3.05) is 9.80 Å². The van der Waals surface area contributed by atoms with Gasteiger partial charge in [0.15, 0.2) is 0 Å². The van der Waals surface area contributed by atoms with E-state index in [0.29, 0.717) is 0 Å². The first-order valence-corrected chi connectivity index (χ1v) is 22.6. The number of para-hydroxylation sites is 3. The van der Waals surface area contributed by atoms with Crippen LogP contribution in [0.5, 0.6) is 0 Å². The van der Waals surface area contributed by atoms with Gasteiger partial charge in [-0.1, -0.05) is 200 Å². The Morgan fingerprint density at radius 3 is 1.15 bits per heavy atom. The molecule has 0 N–H and O–H groups in total. The van der Waals surface area contributed by atoms with Crippen LogP contribution in [-0.2, 0) is 0 Å². The fourth-order valence-electron chi connectivity index (χ4n) is 9.82. The molecule has 0 aromatic heterocycles. The highest BCUT2D eigenvalue weighted by Crippen LogP contribution is 2.49. The maximum Gasteiger partial charge on any atom is 0.0642 e. The fraction of sp³-hybridized carbons (Fsp3) is 0.0476. The van der Waals surface area contributed by atoms with Crippen LogP contribution in [-0.4, -0.2) is 5.54 Å². The Kier molecular flexibility index (Phi) is 10.5. The van der Waals surface area contributed by atoms with Gasteiger partial charge in [0, 0.05) is 28.4 Å². The van der Waals surface area contributed by atoms with Crippen LogP contribution in [0.15, 0.2) is 261 Å². The van der Waals surface area contributed by atoms with E-state index in [0.717, 1.165) is 34.9 Å². The van der Waals surface area contributed by atoms with E-state index in [9.17, 15) is 0 Å². The van der Waals surface area contributed by atoms with Crippen molar-refractivity contribution >= 4 is 50.0 Å². The van der Waals surface area contributed by atoms with Crippen molar-refractivity contribution in [2.45, 2.75) is 18.9 Å². The second-order valence-electron chi connectivity index (χ2n) is 17.1. The highest BCUT2D eigenvalue weighted by molar-refractivity contribution is 6.22. The molecule has 1 aliphatic rings. The van der Waals surface area contributed by atoms with E-state index in [1.165, 1.54) is 66.1 Å². The summed E-state index contributed by atoms with van der Waals surface area (Å²) in [5.41, 5.74) is 14.9. The van der Waals surface area contributed by atoms with E-state index in [-0.39, 0.29) is 5.54 Å². The Balaban J connectivity index is 1.22. The molecule has 310 valence electrons. The first-order valence-electron chi connectivity index (χ1n) is 22.6. The average molecular weight is 833 g/mol. The molecule has 11 rings (SSSR count). The lowest BCUT2D eigenvalue weighted by Crippen LogP contribution is -2.42. The Morgan fingerprint density at radius 2 is 0.708 bits per heavy atom. The summed E-state index contributed by atoms with van der Waals surface area (Å²) in [6.45, 7) is 2.35. The fourth-order valence-corrected chi connectivity index (χ4v) is 9.82. The molecule has 0 spiro atoms. The van der Waals surface area contributed by atoms with Crippen LogP contribution in [0.3, 0.4) is 0 Å². The maximum absolute atomic E-state index is 2.52. The molecule has 0 heterocycles. The molecule has 10 aromatic rings. The zero-order chi connectivity index (χ0) is 43.6. The molecule has 0 fully saturated rings. The SMILES string of the molecule is C[C@]1(N(c2ccccc2)c2ccc3c(-c4ccc(-c5ccccc5)cc4)c4cc(N(c5ccccc5)c5ccccc5)ccc4c(-c4ccc(-c5ccccc5)cc4)c3c2)C=CC=CC1. The standard InChI is InChI=1S/C63H48N2/c1-63(42-18-7-19-43-63)65(54-28-16-6-17-29-54)56-39-41-58-60(45-56)62(51-36-32-49(33-37-51)47-22-10-3-11-23-47)57-40-38-55(64(52-24-12-4-13-25-52)53-26-14-5-15-27-53)44-59(57)61(58)50-34-30-48(31-35-50)46-20-8-2-9-21-46/h2-42,44-45H,43H2,1H3/t63-/m0/s1. The van der Waals surface area contributed by atoms with Gasteiger partial charge in [-0.3, -0.25) is 0 Å². The first-order chi connectivity index (χ1) is 32.1. The largest absolute Gasteiger partial charge is 0.332 e. The molecule has 10 aromatic carbocycles. The quantitative estimate of drug-likeness (QED) is 0.127. The topological polar surface area (TPSA) is 6.48 Å². The van der Waals surface area contributed by atoms with Gasteiger partial charge in [-0.2, -0.15) is 0 Å². The summed E-state index contributed by atoms with van der Waals surface area (Å²) in [5, 5.41) is 4.81. The maximum atomic E-state index is 2.52.